The standard InChI is InChI=1S/C26H22N2O3S2/c1-17-7-3-5-9-20(17)16-31-21-13-11-19(12-14-21)15-23-25(30)28(26(32)33-23)27-24(29)22-10-6-4-8-18(22)2/h3-15H,16H2,1-2H3,(H,27,29)/b23-15-. The Morgan fingerprint density at radius 3 is 2.36 bits per heavy atom. The van der Waals surface area contributed by atoms with Gasteiger partial charge in [-0.15, -0.1) is 0 Å². The summed E-state index contributed by atoms with van der Waals surface area (Å²) in [4.78, 5) is 25.9. The number of nitrogens with one attached hydrogen (secondary N) is 1. The molecule has 1 aliphatic heterocycles. The van der Waals surface area contributed by atoms with Gasteiger partial charge in [0.25, 0.3) is 11.8 Å². The van der Waals surface area contributed by atoms with Gasteiger partial charge in [0.05, 0.1) is 4.91 Å². The number of hydrogen-bond acceptors (Lipinski definition) is 5. The fraction of sp³-hybridized carbons (Fsp3) is 0.115. The number of amides is 2. The Labute approximate surface area is 202 Å². The van der Waals surface area contributed by atoms with Crippen LogP contribution in [0, 0.1) is 13.8 Å². The summed E-state index contributed by atoms with van der Waals surface area (Å²) >= 11 is 6.47. The molecule has 3 aromatic rings. The first-order chi connectivity index (χ1) is 15.9. The highest BCUT2D eigenvalue weighted by Crippen LogP contribution is 2.32. The van der Waals surface area contributed by atoms with E-state index in [1.807, 2.05) is 61.5 Å². The van der Waals surface area contributed by atoms with Gasteiger partial charge in [0.2, 0.25) is 0 Å². The lowest BCUT2D eigenvalue weighted by Crippen LogP contribution is -2.45. The van der Waals surface area contributed by atoms with Crippen molar-refractivity contribution in [1.82, 2.24) is 10.4 Å². The van der Waals surface area contributed by atoms with Crippen LogP contribution in [0.3, 0.4) is 0 Å². The second-order valence-electron chi connectivity index (χ2n) is 7.56. The van der Waals surface area contributed by atoms with Crippen LogP contribution in [0.1, 0.15) is 32.6 Å². The molecule has 0 bridgehead atoms. The predicted molar refractivity (Wildman–Crippen MR) is 136 cm³/mol. The molecule has 33 heavy (non-hydrogen) atoms. The molecule has 166 valence electrons. The quantitative estimate of drug-likeness (QED) is 0.381. The molecule has 0 aliphatic carbocycles. The Balaban J connectivity index is 1.41. The first kappa shape index (κ1) is 22.8. The number of thioether (sulfide) groups is 1. The van der Waals surface area contributed by atoms with Crippen molar-refractivity contribution in [2.24, 2.45) is 0 Å². The average molecular weight is 475 g/mol. The highest BCUT2D eigenvalue weighted by Gasteiger charge is 2.33. The van der Waals surface area contributed by atoms with Crippen LogP contribution in [0.15, 0.2) is 77.7 Å². The van der Waals surface area contributed by atoms with E-state index in [0.29, 0.717) is 17.1 Å². The third-order valence-electron chi connectivity index (χ3n) is 5.23. The number of ether oxygens (including phenoxy) is 1. The molecule has 0 radical (unpaired) electrons. The Morgan fingerprint density at radius 1 is 1.00 bits per heavy atom. The van der Waals surface area contributed by atoms with E-state index in [0.717, 1.165) is 39.2 Å². The van der Waals surface area contributed by atoms with Crippen LogP contribution in [0.25, 0.3) is 6.08 Å². The Bertz CT molecular complexity index is 1250. The van der Waals surface area contributed by atoms with Crippen LogP contribution in [0.5, 0.6) is 5.75 Å². The maximum atomic E-state index is 12.8. The summed E-state index contributed by atoms with van der Waals surface area (Å²) in [5.74, 6) is 0.0149. The van der Waals surface area contributed by atoms with Gasteiger partial charge >= 0.3 is 0 Å². The lowest BCUT2D eigenvalue weighted by Gasteiger charge is -2.16. The highest BCUT2D eigenvalue weighted by atomic mass is 32.2. The van der Waals surface area contributed by atoms with Gasteiger partial charge in [-0.05, 0) is 72.6 Å². The Morgan fingerprint density at radius 2 is 1.67 bits per heavy atom. The molecule has 4 rings (SSSR count). The van der Waals surface area contributed by atoms with Gasteiger partial charge in [0.15, 0.2) is 4.32 Å². The summed E-state index contributed by atoms with van der Waals surface area (Å²) in [7, 11) is 0. The molecule has 7 heteroatoms. The van der Waals surface area contributed by atoms with E-state index < -0.39 is 0 Å². The van der Waals surface area contributed by atoms with Gasteiger partial charge in [0.1, 0.15) is 12.4 Å². The normalized spacial score (nSPS) is 14.6. The number of hydrazine groups is 1. The lowest BCUT2D eigenvalue weighted by molar-refractivity contribution is -0.123. The van der Waals surface area contributed by atoms with Crippen LogP contribution in [0.2, 0.25) is 0 Å². The summed E-state index contributed by atoms with van der Waals surface area (Å²) in [5, 5.41) is 1.13. The number of thiocarbonyl (C=S) groups is 1. The van der Waals surface area contributed by atoms with Crippen molar-refractivity contribution >= 4 is 46.2 Å². The number of rotatable bonds is 6. The minimum absolute atomic E-state index is 0.284. The van der Waals surface area contributed by atoms with Crippen LogP contribution in [-0.4, -0.2) is 21.1 Å². The van der Waals surface area contributed by atoms with Crippen LogP contribution < -0.4 is 10.2 Å². The zero-order valence-electron chi connectivity index (χ0n) is 18.2. The van der Waals surface area contributed by atoms with E-state index >= 15 is 0 Å². The van der Waals surface area contributed by atoms with Crippen molar-refractivity contribution in [3.63, 3.8) is 0 Å². The van der Waals surface area contributed by atoms with E-state index in [9.17, 15) is 9.59 Å². The Hall–Kier alpha value is -3.42. The van der Waals surface area contributed by atoms with E-state index in [1.54, 1.807) is 18.2 Å². The van der Waals surface area contributed by atoms with Gasteiger partial charge in [-0.3, -0.25) is 15.0 Å². The van der Waals surface area contributed by atoms with Crippen molar-refractivity contribution in [3.8, 4) is 5.75 Å². The topological polar surface area (TPSA) is 58.6 Å². The van der Waals surface area contributed by atoms with Crippen molar-refractivity contribution in [2.75, 3.05) is 0 Å². The fourth-order valence-corrected chi connectivity index (χ4v) is 4.48. The van der Waals surface area contributed by atoms with E-state index in [-0.39, 0.29) is 16.1 Å². The summed E-state index contributed by atoms with van der Waals surface area (Å²) < 4.78 is 6.16. The van der Waals surface area contributed by atoms with E-state index in [1.165, 1.54) is 5.56 Å². The Kier molecular flexibility index (Phi) is 6.91. The highest BCUT2D eigenvalue weighted by molar-refractivity contribution is 8.26. The number of carbonyl (C=O) groups excluding carboxylic acids is 2. The van der Waals surface area contributed by atoms with E-state index in [2.05, 4.69) is 18.4 Å². The lowest BCUT2D eigenvalue weighted by atomic mass is 10.1. The zero-order chi connectivity index (χ0) is 23.4. The van der Waals surface area contributed by atoms with Crippen molar-refractivity contribution in [3.05, 3.63) is 106 Å². The summed E-state index contributed by atoms with van der Waals surface area (Å²) in [6.07, 6.45) is 1.75. The SMILES string of the molecule is Cc1ccccc1COc1ccc(/C=C2\SC(=S)N(NC(=O)c3ccccc3C)C2=O)cc1. The summed E-state index contributed by atoms with van der Waals surface area (Å²) in [6, 6.07) is 22.8. The van der Waals surface area contributed by atoms with Crippen LogP contribution in [-0.2, 0) is 11.4 Å². The molecule has 3 aromatic carbocycles. The monoisotopic (exact) mass is 474 g/mol. The second kappa shape index (κ2) is 10.0. The number of benzene rings is 3. The van der Waals surface area contributed by atoms with Gasteiger partial charge in [-0.2, -0.15) is 5.01 Å². The van der Waals surface area contributed by atoms with Gasteiger partial charge in [-0.25, -0.2) is 0 Å². The maximum Gasteiger partial charge on any atom is 0.285 e. The van der Waals surface area contributed by atoms with Crippen molar-refractivity contribution in [2.45, 2.75) is 20.5 Å². The van der Waals surface area contributed by atoms with Crippen LogP contribution in [0.4, 0.5) is 0 Å². The summed E-state index contributed by atoms with van der Waals surface area (Å²) in [5.41, 5.74) is 7.10. The van der Waals surface area contributed by atoms with Crippen molar-refractivity contribution < 1.29 is 14.3 Å². The molecule has 0 aromatic heterocycles. The van der Waals surface area contributed by atoms with Crippen LogP contribution >= 0.6 is 24.0 Å². The second-order valence-corrected chi connectivity index (χ2v) is 9.23. The first-order valence-electron chi connectivity index (χ1n) is 10.3. The summed E-state index contributed by atoms with van der Waals surface area (Å²) in [6.45, 7) is 4.39. The molecule has 1 heterocycles. The minimum atomic E-state index is -0.374. The smallest absolute Gasteiger partial charge is 0.285 e. The molecule has 0 spiro atoms. The van der Waals surface area contributed by atoms with Gasteiger partial charge in [0, 0.05) is 5.56 Å². The van der Waals surface area contributed by atoms with Gasteiger partial charge in [-0.1, -0.05) is 66.4 Å². The third kappa shape index (κ3) is 5.32. The molecule has 0 atom stereocenters. The molecular weight excluding hydrogens is 452 g/mol. The molecule has 2 amide bonds. The third-order valence-corrected chi connectivity index (χ3v) is 6.53. The molecular formula is C26H22N2O3S2. The number of hydrogen-bond donors (Lipinski definition) is 1. The molecule has 0 unspecified atom stereocenters. The number of carbonyl (C=O) groups is 2. The zero-order valence-corrected chi connectivity index (χ0v) is 19.8. The maximum absolute atomic E-state index is 12.8. The molecule has 1 saturated heterocycles. The van der Waals surface area contributed by atoms with E-state index in [4.69, 9.17) is 17.0 Å². The fourth-order valence-electron chi connectivity index (χ4n) is 3.30. The molecule has 0 saturated carbocycles. The minimum Gasteiger partial charge on any atom is -0.489 e. The predicted octanol–water partition coefficient (Wildman–Crippen LogP) is 5.43. The molecule has 5 nitrogen and oxygen atoms in total. The molecule has 1 N–H and O–H groups in total. The number of aryl methyl sites for hydroxylation is 2. The first-order valence-corrected chi connectivity index (χ1v) is 11.6. The van der Waals surface area contributed by atoms with Crippen molar-refractivity contribution in [1.29, 1.82) is 0 Å². The number of nitrogens with zero attached hydrogens (tertiary/aromatic N) is 1. The van der Waals surface area contributed by atoms with Gasteiger partial charge < -0.3 is 4.74 Å². The molecule has 1 aliphatic rings. The molecule has 1 fully saturated rings. The largest absolute Gasteiger partial charge is 0.489 e. The average Bonchev–Trinajstić information content (AvgIpc) is 3.07.